The fourth-order valence-corrected chi connectivity index (χ4v) is 1.20. The summed E-state index contributed by atoms with van der Waals surface area (Å²) in [4.78, 5) is 12.4. The predicted octanol–water partition coefficient (Wildman–Crippen LogP) is 1.37. The molecule has 0 unspecified atom stereocenters. The van der Waals surface area contributed by atoms with Crippen molar-refractivity contribution >= 4 is 6.29 Å². The molecule has 15 heavy (non-hydrogen) atoms. The van der Waals surface area contributed by atoms with E-state index >= 15 is 0 Å². The molecule has 0 aliphatic heterocycles. The summed E-state index contributed by atoms with van der Waals surface area (Å²) < 4.78 is 5.55. The summed E-state index contributed by atoms with van der Waals surface area (Å²) in [5.41, 5.74) is 0.993. The Morgan fingerprint density at radius 2 is 2.20 bits per heavy atom. The van der Waals surface area contributed by atoms with Crippen molar-refractivity contribution in [2.24, 2.45) is 0 Å². The Kier molecular flexibility index (Phi) is 4.84. The molecule has 0 aromatic heterocycles. The highest BCUT2D eigenvalue weighted by molar-refractivity contribution is 5.55. The Bertz CT molecular complexity index is 310. The molecule has 0 bridgehead atoms. The average molecular weight is 207 g/mol. The number of benzene rings is 1. The van der Waals surface area contributed by atoms with Crippen LogP contribution < -0.4 is 4.74 Å². The topological polar surface area (TPSA) is 29.5 Å². The fraction of sp³-hybridized carbons (Fsp3) is 0.417. The Morgan fingerprint density at radius 1 is 1.40 bits per heavy atom. The number of likely N-dealkylation sites (N-methyl/N-ethyl adjacent to an activating group) is 1. The van der Waals surface area contributed by atoms with Crippen LogP contribution in [0.15, 0.2) is 24.3 Å². The highest BCUT2D eigenvalue weighted by atomic mass is 16.5. The third-order valence-electron chi connectivity index (χ3n) is 2.02. The summed E-state index contributed by atoms with van der Waals surface area (Å²) in [6, 6.07) is 7.64. The van der Waals surface area contributed by atoms with E-state index < -0.39 is 0 Å². The van der Waals surface area contributed by atoms with Crippen LogP contribution in [0, 0.1) is 0 Å². The molecule has 0 atom stereocenters. The van der Waals surface area contributed by atoms with E-state index in [4.69, 9.17) is 4.74 Å². The standard InChI is InChI=1S/C12H17NO2/c1-13(2)7-9-15-12-5-3-4-11(10-12)6-8-14/h3-5,8,10H,6-7,9H2,1-2H3. The van der Waals surface area contributed by atoms with Gasteiger partial charge in [0.05, 0.1) is 0 Å². The first-order valence-electron chi connectivity index (χ1n) is 5.02. The van der Waals surface area contributed by atoms with Gasteiger partial charge in [0.25, 0.3) is 0 Å². The summed E-state index contributed by atoms with van der Waals surface area (Å²) in [5, 5.41) is 0. The Labute approximate surface area is 90.7 Å². The number of hydrogen-bond donors (Lipinski definition) is 0. The third-order valence-corrected chi connectivity index (χ3v) is 2.02. The maximum atomic E-state index is 10.3. The van der Waals surface area contributed by atoms with E-state index in [2.05, 4.69) is 4.90 Å². The number of rotatable bonds is 6. The van der Waals surface area contributed by atoms with Gasteiger partial charge < -0.3 is 14.4 Å². The van der Waals surface area contributed by atoms with Gasteiger partial charge in [-0.25, -0.2) is 0 Å². The van der Waals surface area contributed by atoms with E-state index in [0.717, 1.165) is 24.1 Å². The molecule has 0 radical (unpaired) electrons. The van der Waals surface area contributed by atoms with Crippen molar-refractivity contribution in [1.29, 1.82) is 0 Å². The summed E-state index contributed by atoms with van der Waals surface area (Å²) in [7, 11) is 4.01. The molecule has 0 N–H and O–H groups in total. The molecule has 3 heteroatoms. The lowest BCUT2D eigenvalue weighted by atomic mass is 10.2. The van der Waals surface area contributed by atoms with Gasteiger partial charge in [-0.05, 0) is 31.8 Å². The molecule has 0 aliphatic rings. The summed E-state index contributed by atoms with van der Waals surface area (Å²) in [5.74, 6) is 0.830. The monoisotopic (exact) mass is 207 g/mol. The van der Waals surface area contributed by atoms with Gasteiger partial charge in [-0.3, -0.25) is 0 Å². The number of aldehydes is 1. The van der Waals surface area contributed by atoms with Crippen molar-refractivity contribution in [3.05, 3.63) is 29.8 Å². The molecule has 0 saturated heterocycles. The molecular weight excluding hydrogens is 190 g/mol. The van der Waals surface area contributed by atoms with Crippen molar-refractivity contribution in [3.63, 3.8) is 0 Å². The van der Waals surface area contributed by atoms with E-state index in [1.54, 1.807) is 0 Å². The molecule has 1 aromatic carbocycles. The molecule has 0 saturated carbocycles. The smallest absolute Gasteiger partial charge is 0.124 e. The molecule has 3 nitrogen and oxygen atoms in total. The van der Waals surface area contributed by atoms with Crippen molar-refractivity contribution in [2.45, 2.75) is 6.42 Å². The number of nitrogens with zero attached hydrogens (tertiary/aromatic N) is 1. The Hall–Kier alpha value is -1.35. The molecule has 0 amide bonds. The van der Waals surface area contributed by atoms with Gasteiger partial charge in [0.2, 0.25) is 0 Å². The van der Waals surface area contributed by atoms with Crippen LogP contribution in [0.2, 0.25) is 0 Å². The zero-order chi connectivity index (χ0) is 11.1. The van der Waals surface area contributed by atoms with Crippen molar-refractivity contribution in [2.75, 3.05) is 27.2 Å². The first-order valence-corrected chi connectivity index (χ1v) is 5.02. The van der Waals surface area contributed by atoms with E-state index in [9.17, 15) is 4.79 Å². The lowest BCUT2D eigenvalue weighted by Gasteiger charge is -2.11. The highest BCUT2D eigenvalue weighted by Gasteiger charge is 1.97. The molecule has 0 heterocycles. The van der Waals surface area contributed by atoms with E-state index in [0.29, 0.717) is 13.0 Å². The quantitative estimate of drug-likeness (QED) is 0.660. The molecule has 82 valence electrons. The normalized spacial score (nSPS) is 10.3. The van der Waals surface area contributed by atoms with Crippen LogP contribution in [0.1, 0.15) is 5.56 Å². The molecular formula is C12H17NO2. The third kappa shape index (κ3) is 4.61. The summed E-state index contributed by atoms with van der Waals surface area (Å²) >= 11 is 0. The van der Waals surface area contributed by atoms with Gasteiger partial charge in [-0.2, -0.15) is 0 Å². The van der Waals surface area contributed by atoms with Crippen molar-refractivity contribution < 1.29 is 9.53 Å². The second-order valence-electron chi connectivity index (χ2n) is 3.67. The maximum absolute atomic E-state index is 10.3. The maximum Gasteiger partial charge on any atom is 0.124 e. The number of carbonyl (C=O) groups excluding carboxylic acids is 1. The van der Waals surface area contributed by atoms with Gasteiger partial charge in [-0.15, -0.1) is 0 Å². The first-order chi connectivity index (χ1) is 7.22. The number of ether oxygens (including phenoxy) is 1. The Morgan fingerprint density at radius 3 is 2.87 bits per heavy atom. The van der Waals surface area contributed by atoms with Crippen LogP contribution in [0.5, 0.6) is 5.75 Å². The van der Waals surface area contributed by atoms with Crippen molar-refractivity contribution in [3.8, 4) is 5.75 Å². The van der Waals surface area contributed by atoms with Gasteiger partial charge in [0, 0.05) is 13.0 Å². The van der Waals surface area contributed by atoms with Crippen LogP contribution in [0.25, 0.3) is 0 Å². The van der Waals surface area contributed by atoms with Gasteiger partial charge in [-0.1, -0.05) is 12.1 Å². The van der Waals surface area contributed by atoms with Crippen LogP contribution in [0.4, 0.5) is 0 Å². The lowest BCUT2D eigenvalue weighted by molar-refractivity contribution is -0.107. The van der Waals surface area contributed by atoms with Crippen LogP contribution in [-0.2, 0) is 11.2 Å². The van der Waals surface area contributed by atoms with Crippen LogP contribution in [0.3, 0.4) is 0 Å². The minimum atomic E-state index is 0.449. The largest absolute Gasteiger partial charge is 0.492 e. The predicted molar refractivity (Wildman–Crippen MR) is 60.3 cm³/mol. The first kappa shape index (κ1) is 11.7. The van der Waals surface area contributed by atoms with Gasteiger partial charge in [0.1, 0.15) is 18.6 Å². The average Bonchev–Trinajstić information content (AvgIpc) is 2.18. The van der Waals surface area contributed by atoms with Gasteiger partial charge in [0.15, 0.2) is 0 Å². The number of hydrogen-bond acceptors (Lipinski definition) is 3. The van der Waals surface area contributed by atoms with Gasteiger partial charge >= 0.3 is 0 Å². The second-order valence-corrected chi connectivity index (χ2v) is 3.67. The van der Waals surface area contributed by atoms with E-state index in [-0.39, 0.29) is 0 Å². The van der Waals surface area contributed by atoms with Crippen LogP contribution in [-0.4, -0.2) is 38.4 Å². The number of carbonyl (C=O) groups is 1. The van der Waals surface area contributed by atoms with E-state index in [1.807, 2.05) is 38.4 Å². The molecule has 1 rings (SSSR count). The lowest BCUT2D eigenvalue weighted by Crippen LogP contribution is -2.19. The van der Waals surface area contributed by atoms with Crippen LogP contribution >= 0.6 is 0 Å². The molecule has 0 fully saturated rings. The fourth-order valence-electron chi connectivity index (χ4n) is 1.20. The minimum Gasteiger partial charge on any atom is -0.492 e. The Balaban J connectivity index is 2.46. The SMILES string of the molecule is CN(C)CCOc1cccc(CC=O)c1. The second kappa shape index (κ2) is 6.19. The zero-order valence-electron chi connectivity index (χ0n) is 9.27. The summed E-state index contributed by atoms with van der Waals surface area (Å²) in [6.07, 6.45) is 1.35. The zero-order valence-corrected chi connectivity index (χ0v) is 9.27. The molecule has 0 spiro atoms. The minimum absolute atomic E-state index is 0.449. The summed E-state index contributed by atoms with van der Waals surface area (Å²) in [6.45, 7) is 1.55. The molecule has 0 aliphatic carbocycles. The van der Waals surface area contributed by atoms with Crippen molar-refractivity contribution in [1.82, 2.24) is 4.90 Å². The molecule has 1 aromatic rings. The van der Waals surface area contributed by atoms with E-state index in [1.165, 1.54) is 0 Å². The highest BCUT2D eigenvalue weighted by Crippen LogP contribution is 2.13.